The molecule has 1 aliphatic heterocycles. The van der Waals surface area contributed by atoms with Crippen molar-refractivity contribution in [2.45, 2.75) is 26.4 Å². The third kappa shape index (κ3) is 5.29. The summed E-state index contributed by atoms with van der Waals surface area (Å²) in [6, 6.07) is 10.5. The Morgan fingerprint density at radius 3 is 2.68 bits per heavy atom. The van der Waals surface area contributed by atoms with E-state index in [9.17, 15) is 9.59 Å². The van der Waals surface area contributed by atoms with Crippen molar-refractivity contribution < 1.29 is 14.3 Å². The molecule has 2 amide bonds. The van der Waals surface area contributed by atoms with Crippen molar-refractivity contribution in [1.29, 1.82) is 0 Å². The molecule has 1 aromatic carbocycles. The van der Waals surface area contributed by atoms with E-state index >= 15 is 0 Å². The second kappa shape index (κ2) is 9.32. The smallest absolute Gasteiger partial charge is 0.251 e. The molecule has 0 radical (unpaired) electrons. The van der Waals surface area contributed by atoms with E-state index in [2.05, 4.69) is 20.5 Å². The first kappa shape index (κ1) is 19.8. The summed E-state index contributed by atoms with van der Waals surface area (Å²) in [6.45, 7) is 7.05. The summed E-state index contributed by atoms with van der Waals surface area (Å²) in [7, 11) is 0. The van der Waals surface area contributed by atoms with Gasteiger partial charge in [-0.3, -0.25) is 9.59 Å². The molecule has 0 unspecified atom stereocenters. The average Bonchev–Trinajstić information content (AvgIpc) is 2.73. The normalized spacial score (nSPS) is 15.0. The molecule has 28 heavy (non-hydrogen) atoms. The average molecular weight is 382 g/mol. The molecule has 2 heterocycles. The van der Waals surface area contributed by atoms with Gasteiger partial charge in [-0.05, 0) is 37.6 Å². The molecule has 7 heteroatoms. The first-order valence-corrected chi connectivity index (χ1v) is 9.46. The second-order valence-electron chi connectivity index (χ2n) is 6.91. The Hall–Kier alpha value is -2.93. The predicted octanol–water partition coefficient (Wildman–Crippen LogP) is 1.66. The van der Waals surface area contributed by atoms with Crippen LogP contribution in [0.3, 0.4) is 0 Å². The molecule has 0 saturated carbocycles. The number of amides is 2. The lowest BCUT2D eigenvalue weighted by molar-refractivity contribution is -0.122. The summed E-state index contributed by atoms with van der Waals surface area (Å²) < 4.78 is 5.35. The van der Waals surface area contributed by atoms with E-state index in [1.807, 2.05) is 31.2 Å². The highest BCUT2D eigenvalue weighted by Gasteiger charge is 2.17. The van der Waals surface area contributed by atoms with Crippen LogP contribution in [-0.2, 0) is 16.1 Å². The van der Waals surface area contributed by atoms with E-state index in [4.69, 9.17) is 4.74 Å². The third-order valence-electron chi connectivity index (χ3n) is 4.63. The van der Waals surface area contributed by atoms with Crippen LogP contribution >= 0.6 is 0 Å². The largest absolute Gasteiger partial charge is 0.378 e. The molecule has 3 rings (SSSR count). The quantitative estimate of drug-likeness (QED) is 0.794. The number of hydrogen-bond donors (Lipinski definition) is 2. The van der Waals surface area contributed by atoms with Crippen LogP contribution in [0.4, 0.5) is 5.82 Å². The van der Waals surface area contributed by atoms with Crippen LogP contribution in [0.15, 0.2) is 42.6 Å². The first-order valence-electron chi connectivity index (χ1n) is 9.46. The van der Waals surface area contributed by atoms with Gasteiger partial charge in [-0.1, -0.05) is 23.8 Å². The lowest BCUT2D eigenvalue weighted by atomic mass is 10.1. The molecule has 0 spiro atoms. The van der Waals surface area contributed by atoms with E-state index in [-0.39, 0.29) is 11.8 Å². The molecule has 1 fully saturated rings. The monoisotopic (exact) mass is 382 g/mol. The number of hydrogen-bond acceptors (Lipinski definition) is 5. The Bertz CT molecular complexity index is 817. The van der Waals surface area contributed by atoms with Crippen LogP contribution in [0, 0.1) is 6.92 Å². The molecule has 148 valence electrons. The van der Waals surface area contributed by atoms with Crippen molar-refractivity contribution in [2.24, 2.45) is 0 Å². The number of ether oxygens (including phenoxy) is 1. The molecular formula is C21H26N4O3. The third-order valence-corrected chi connectivity index (χ3v) is 4.63. The summed E-state index contributed by atoms with van der Waals surface area (Å²) in [5, 5.41) is 5.57. The minimum atomic E-state index is -0.631. The number of pyridine rings is 1. The summed E-state index contributed by atoms with van der Waals surface area (Å²) in [5.41, 5.74) is 2.45. The fourth-order valence-electron chi connectivity index (χ4n) is 2.97. The van der Waals surface area contributed by atoms with Crippen LogP contribution in [-0.4, -0.2) is 49.1 Å². The van der Waals surface area contributed by atoms with Crippen molar-refractivity contribution in [3.63, 3.8) is 0 Å². The van der Waals surface area contributed by atoms with Crippen LogP contribution < -0.4 is 15.5 Å². The number of morpholine rings is 1. The van der Waals surface area contributed by atoms with Crippen molar-refractivity contribution in [3.8, 4) is 0 Å². The zero-order valence-corrected chi connectivity index (χ0v) is 16.3. The van der Waals surface area contributed by atoms with Gasteiger partial charge < -0.3 is 20.3 Å². The zero-order chi connectivity index (χ0) is 19.9. The number of aromatic nitrogens is 1. The van der Waals surface area contributed by atoms with Gasteiger partial charge in [-0.2, -0.15) is 0 Å². The molecule has 0 bridgehead atoms. The van der Waals surface area contributed by atoms with Gasteiger partial charge in [0, 0.05) is 31.4 Å². The highest BCUT2D eigenvalue weighted by atomic mass is 16.5. The number of carbonyl (C=O) groups is 2. The first-order chi connectivity index (χ1) is 13.5. The summed E-state index contributed by atoms with van der Waals surface area (Å²) in [5.74, 6) is 0.415. The van der Waals surface area contributed by atoms with E-state index in [0.29, 0.717) is 25.3 Å². The van der Waals surface area contributed by atoms with Gasteiger partial charge in [-0.15, -0.1) is 0 Å². The number of benzene rings is 1. The molecule has 2 aromatic rings. The number of anilines is 1. The van der Waals surface area contributed by atoms with E-state index in [1.165, 1.54) is 0 Å². The Balaban J connectivity index is 1.48. The van der Waals surface area contributed by atoms with Crippen LogP contribution in [0.5, 0.6) is 0 Å². The van der Waals surface area contributed by atoms with Crippen molar-refractivity contribution in [1.82, 2.24) is 15.6 Å². The van der Waals surface area contributed by atoms with Gasteiger partial charge in [0.05, 0.1) is 13.2 Å². The SMILES string of the molecule is Cc1cccc(C(=O)N[C@@H](C)C(=O)NCc2ccc(N3CCOCC3)nc2)c1. The van der Waals surface area contributed by atoms with Crippen LogP contribution in [0.2, 0.25) is 0 Å². The minimum Gasteiger partial charge on any atom is -0.378 e. The fourth-order valence-corrected chi connectivity index (χ4v) is 2.97. The van der Waals surface area contributed by atoms with Gasteiger partial charge >= 0.3 is 0 Å². The highest BCUT2D eigenvalue weighted by Crippen LogP contribution is 2.13. The number of aryl methyl sites for hydroxylation is 1. The zero-order valence-electron chi connectivity index (χ0n) is 16.3. The lowest BCUT2D eigenvalue weighted by Gasteiger charge is -2.27. The minimum absolute atomic E-state index is 0.238. The number of nitrogens with one attached hydrogen (secondary N) is 2. The van der Waals surface area contributed by atoms with E-state index < -0.39 is 6.04 Å². The topological polar surface area (TPSA) is 83.6 Å². The van der Waals surface area contributed by atoms with Crippen LogP contribution in [0.1, 0.15) is 28.4 Å². The Kier molecular flexibility index (Phi) is 6.60. The van der Waals surface area contributed by atoms with Crippen LogP contribution in [0.25, 0.3) is 0 Å². The summed E-state index contributed by atoms with van der Waals surface area (Å²) >= 11 is 0. The van der Waals surface area contributed by atoms with Crippen molar-refractivity contribution in [3.05, 3.63) is 59.3 Å². The number of rotatable bonds is 6. The van der Waals surface area contributed by atoms with Crippen molar-refractivity contribution >= 4 is 17.6 Å². The van der Waals surface area contributed by atoms with Crippen molar-refractivity contribution in [2.75, 3.05) is 31.2 Å². The van der Waals surface area contributed by atoms with E-state index in [1.54, 1.807) is 25.3 Å². The predicted molar refractivity (Wildman–Crippen MR) is 107 cm³/mol. The maximum absolute atomic E-state index is 12.3. The second-order valence-corrected chi connectivity index (χ2v) is 6.91. The molecule has 1 aliphatic rings. The standard InChI is InChI=1S/C21H26N4O3/c1-15-4-3-5-18(12-15)21(27)24-16(2)20(26)23-14-17-6-7-19(22-13-17)25-8-10-28-11-9-25/h3-7,12-13,16H,8-11,14H2,1-2H3,(H,23,26)(H,24,27)/t16-/m0/s1. The number of carbonyl (C=O) groups excluding carboxylic acids is 2. The number of nitrogens with zero attached hydrogens (tertiary/aromatic N) is 2. The van der Waals surface area contributed by atoms with Gasteiger partial charge in [-0.25, -0.2) is 4.98 Å². The molecular weight excluding hydrogens is 356 g/mol. The maximum Gasteiger partial charge on any atom is 0.251 e. The lowest BCUT2D eigenvalue weighted by Crippen LogP contribution is -2.44. The Morgan fingerprint density at radius 1 is 1.21 bits per heavy atom. The molecule has 1 aromatic heterocycles. The molecule has 7 nitrogen and oxygen atoms in total. The maximum atomic E-state index is 12.3. The molecule has 2 N–H and O–H groups in total. The Labute approximate surface area is 165 Å². The van der Waals surface area contributed by atoms with Gasteiger partial charge in [0.1, 0.15) is 11.9 Å². The highest BCUT2D eigenvalue weighted by molar-refractivity contribution is 5.97. The van der Waals surface area contributed by atoms with Gasteiger partial charge in [0.25, 0.3) is 5.91 Å². The molecule has 0 aliphatic carbocycles. The van der Waals surface area contributed by atoms with E-state index in [0.717, 1.165) is 30.0 Å². The fraction of sp³-hybridized carbons (Fsp3) is 0.381. The van der Waals surface area contributed by atoms with Gasteiger partial charge in [0.2, 0.25) is 5.91 Å². The summed E-state index contributed by atoms with van der Waals surface area (Å²) in [4.78, 5) is 31.2. The Morgan fingerprint density at radius 2 is 2.00 bits per heavy atom. The summed E-state index contributed by atoms with van der Waals surface area (Å²) in [6.07, 6.45) is 1.76. The molecule has 1 atom stereocenters. The van der Waals surface area contributed by atoms with Gasteiger partial charge in [0.15, 0.2) is 0 Å². The molecule has 1 saturated heterocycles.